The lowest BCUT2D eigenvalue weighted by Gasteiger charge is -2.34. The predicted molar refractivity (Wildman–Crippen MR) is 139 cm³/mol. The second-order valence-corrected chi connectivity index (χ2v) is 9.88. The number of aromatic nitrogens is 1. The van der Waals surface area contributed by atoms with Crippen molar-refractivity contribution in [1.29, 1.82) is 0 Å². The Bertz CT molecular complexity index is 959. The highest BCUT2D eigenvalue weighted by Gasteiger charge is 2.31. The zero-order chi connectivity index (χ0) is 27.5. The van der Waals surface area contributed by atoms with E-state index in [9.17, 15) is 25.2 Å². The molecule has 0 unspecified atom stereocenters. The number of hydrogen-bond acceptors (Lipinski definition) is 10. The Hall–Kier alpha value is -2.15. The lowest BCUT2D eigenvalue weighted by molar-refractivity contribution is -0.156. The van der Waals surface area contributed by atoms with E-state index in [-0.39, 0.29) is 18.6 Å². The van der Waals surface area contributed by atoms with Gasteiger partial charge in [0.15, 0.2) is 0 Å². The number of nitrogens with zero attached hydrogens (tertiary/aromatic N) is 2. The van der Waals surface area contributed by atoms with Gasteiger partial charge in [-0.2, -0.15) is 0 Å². The molecule has 0 aliphatic carbocycles. The van der Waals surface area contributed by atoms with Gasteiger partial charge in [-0.05, 0) is 55.6 Å². The maximum Gasteiger partial charge on any atom is 0.305 e. The molecule has 2 heterocycles. The first-order valence-corrected chi connectivity index (χ1v) is 13.2. The van der Waals surface area contributed by atoms with E-state index in [0.717, 1.165) is 37.2 Å². The Balaban J connectivity index is 1.38. The minimum atomic E-state index is -1.76. The molecule has 1 saturated heterocycles. The van der Waals surface area contributed by atoms with E-state index in [0.29, 0.717) is 18.0 Å². The predicted octanol–water partition coefficient (Wildman–Crippen LogP) is 1.06. The van der Waals surface area contributed by atoms with Crippen LogP contribution in [0, 0.1) is 0 Å². The molecule has 2 aromatic rings. The van der Waals surface area contributed by atoms with Crippen molar-refractivity contribution in [2.75, 3.05) is 32.8 Å². The van der Waals surface area contributed by atoms with Crippen LogP contribution in [0.15, 0.2) is 48.7 Å². The number of carbonyl (C=O) groups is 1. The fraction of sp³-hybridized carbons (Fsp3) is 0.556. The molecule has 3 rings (SSSR count). The zero-order valence-corrected chi connectivity index (χ0v) is 21.9. The first kappa shape index (κ1) is 30.4. The molecular weight excluding hydrogens is 516 g/mol. The largest absolute Gasteiger partial charge is 0.463 e. The van der Waals surface area contributed by atoms with E-state index in [4.69, 9.17) is 26.2 Å². The third-order valence-corrected chi connectivity index (χ3v) is 6.84. The number of aliphatic hydroxyl groups excluding tert-OH is 5. The molecule has 1 aromatic heterocycles. The average Bonchev–Trinajstić information content (AvgIpc) is 2.95. The van der Waals surface area contributed by atoms with Crippen LogP contribution in [-0.2, 0) is 14.3 Å². The van der Waals surface area contributed by atoms with Gasteiger partial charge in [-0.1, -0.05) is 29.8 Å². The number of esters is 1. The summed E-state index contributed by atoms with van der Waals surface area (Å²) in [6.45, 7) is 1.05. The Morgan fingerprint density at radius 3 is 2.34 bits per heavy atom. The molecule has 1 aliphatic heterocycles. The van der Waals surface area contributed by atoms with Gasteiger partial charge < -0.3 is 39.9 Å². The number of hydrogen-bond donors (Lipinski definition) is 5. The molecule has 0 radical (unpaired) electrons. The van der Waals surface area contributed by atoms with Gasteiger partial charge in [0.25, 0.3) is 0 Å². The highest BCUT2D eigenvalue weighted by Crippen LogP contribution is 2.29. The highest BCUT2D eigenvalue weighted by molar-refractivity contribution is 6.30. The Kier molecular flexibility index (Phi) is 12.4. The van der Waals surface area contributed by atoms with Gasteiger partial charge in [0.1, 0.15) is 37.1 Å². The van der Waals surface area contributed by atoms with E-state index < -0.39 is 43.6 Å². The highest BCUT2D eigenvalue weighted by atomic mass is 35.5. The Labute approximate surface area is 227 Å². The molecule has 0 spiro atoms. The van der Waals surface area contributed by atoms with Crippen LogP contribution in [0.5, 0.6) is 0 Å². The average molecular weight is 553 g/mol. The fourth-order valence-electron chi connectivity index (χ4n) is 4.31. The number of benzene rings is 1. The third kappa shape index (κ3) is 9.25. The summed E-state index contributed by atoms with van der Waals surface area (Å²) < 4.78 is 11.5. The summed E-state index contributed by atoms with van der Waals surface area (Å²) in [4.78, 5) is 18.8. The molecule has 1 aromatic carbocycles. The van der Waals surface area contributed by atoms with Crippen molar-refractivity contribution < 1.29 is 39.8 Å². The van der Waals surface area contributed by atoms with E-state index in [2.05, 4.69) is 9.88 Å². The van der Waals surface area contributed by atoms with Gasteiger partial charge in [0, 0.05) is 30.7 Å². The molecule has 5 atom stereocenters. The van der Waals surface area contributed by atoms with Gasteiger partial charge in [-0.25, -0.2) is 0 Å². The number of piperidine rings is 1. The maximum atomic E-state index is 12.0. The van der Waals surface area contributed by atoms with Crippen LogP contribution in [-0.4, -0.2) is 105 Å². The lowest BCUT2D eigenvalue weighted by atomic mass is 10.0. The van der Waals surface area contributed by atoms with Crippen molar-refractivity contribution in [3.63, 3.8) is 0 Å². The van der Waals surface area contributed by atoms with Crippen molar-refractivity contribution >= 4 is 17.6 Å². The molecule has 5 N–H and O–H groups in total. The van der Waals surface area contributed by atoms with E-state index in [1.54, 1.807) is 6.20 Å². The Morgan fingerprint density at radius 2 is 1.71 bits per heavy atom. The van der Waals surface area contributed by atoms with Crippen LogP contribution in [0.25, 0.3) is 0 Å². The van der Waals surface area contributed by atoms with Gasteiger partial charge >= 0.3 is 5.97 Å². The lowest BCUT2D eigenvalue weighted by Crippen LogP contribution is -2.47. The van der Waals surface area contributed by atoms with Crippen molar-refractivity contribution in [1.82, 2.24) is 9.88 Å². The smallest absolute Gasteiger partial charge is 0.305 e. The van der Waals surface area contributed by atoms with Crippen molar-refractivity contribution in [2.24, 2.45) is 0 Å². The van der Waals surface area contributed by atoms with Gasteiger partial charge in [-0.3, -0.25) is 9.78 Å². The second-order valence-electron chi connectivity index (χ2n) is 9.45. The second kappa shape index (κ2) is 15.4. The zero-order valence-electron chi connectivity index (χ0n) is 21.2. The molecule has 0 amide bonds. The van der Waals surface area contributed by atoms with E-state index in [1.807, 2.05) is 42.5 Å². The molecule has 11 heteroatoms. The van der Waals surface area contributed by atoms with Crippen LogP contribution < -0.4 is 0 Å². The summed E-state index contributed by atoms with van der Waals surface area (Å²) >= 11 is 6.06. The molecule has 0 bridgehead atoms. The summed E-state index contributed by atoms with van der Waals surface area (Å²) in [5.74, 6) is -0.534. The monoisotopic (exact) mass is 552 g/mol. The van der Waals surface area contributed by atoms with Crippen LogP contribution in [0.2, 0.25) is 5.02 Å². The summed E-state index contributed by atoms with van der Waals surface area (Å²) in [7, 11) is 0. The van der Waals surface area contributed by atoms with E-state index >= 15 is 0 Å². The standard InChI is InChI=1S/C27H37ClN2O8/c28-19-8-6-18(7-9-19)27(21-4-1-2-12-29-21)38-20-10-14-30(15-11-20)13-3-5-24(34)37-17-23(33)26(36)25(35)22(32)16-31/h1-2,4,6-9,12,20,22-23,25-27,31-33,35-36H,3,5,10-11,13-17H2/t22-,23-,25-,26-,27-/m1/s1. The molecule has 38 heavy (non-hydrogen) atoms. The van der Waals surface area contributed by atoms with Crippen molar-refractivity contribution in [3.8, 4) is 0 Å². The summed E-state index contributed by atoms with van der Waals surface area (Å²) in [5.41, 5.74) is 1.83. The SMILES string of the molecule is O=C(CCCN1CCC(O[C@H](c2ccc(Cl)cc2)c2ccccn2)CC1)OC[C@@H](O)[C@@H](O)[C@H](O)[C@H](O)CO. The number of carbonyl (C=O) groups excluding carboxylic acids is 1. The molecule has 1 fully saturated rings. The summed E-state index contributed by atoms with van der Waals surface area (Å²) in [6.07, 6.45) is -2.80. The quantitative estimate of drug-likeness (QED) is 0.215. The van der Waals surface area contributed by atoms with Gasteiger partial charge in [0.05, 0.1) is 18.4 Å². The fourth-order valence-corrected chi connectivity index (χ4v) is 4.43. The molecule has 1 aliphatic rings. The first-order valence-electron chi connectivity index (χ1n) is 12.8. The van der Waals surface area contributed by atoms with Gasteiger partial charge in [0.2, 0.25) is 0 Å². The van der Waals surface area contributed by atoms with Crippen LogP contribution in [0.3, 0.4) is 0 Å². The summed E-state index contributed by atoms with van der Waals surface area (Å²) in [5, 5.41) is 48.0. The molecule has 10 nitrogen and oxygen atoms in total. The number of ether oxygens (including phenoxy) is 2. The normalized spacial score (nSPS) is 18.9. The molecular formula is C27H37ClN2O8. The van der Waals surface area contributed by atoms with Crippen LogP contribution >= 0.6 is 11.6 Å². The van der Waals surface area contributed by atoms with E-state index in [1.165, 1.54) is 0 Å². The Morgan fingerprint density at radius 1 is 1.03 bits per heavy atom. The van der Waals surface area contributed by atoms with Gasteiger partial charge in [-0.15, -0.1) is 0 Å². The van der Waals surface area contributed by atoms with Crippen molar-refractivity contribution in [3.05, 3.63) is 64.9 Å². The number of halogens is 1. The van der Waals surface area contributed by atoms with Crippen molar-refractivity contribution in [2.45, 2.75) is 62.3 Å². The topological polar surface area (TPSA) is 153 Å². The maximum absolute atomic E-state index is 12.0. The number of aliphatic hydroxyl groups is 5. The molecule has 210 valence electrons. The number of likely N-dealkylation sites (tertiary alicyclic amines) is 1. The van der Waals surface area contributed by atoms with Crippen LogP contribution in [0.4, 0.5) is 0 Å². The molecule has 0 saturated carbocycles. The summed E-state index contributed by atoms with van der Waals surface area (Å²) in [6, 6.07) is 13.4. The first-order chi connectivity index (χ1) is 18.3. The third-order valence-electron chi connectivity index (χ3n) is 6.59. The number of rotatable bonds is 14. The number of pyridine rings is 1. The minimum Gasteiger partial charge on any atom is -0.463 e. The minimum absolute atomic E-state index is 0.0616. The van der Waals surface area contributed by atoms with Crippen LogP contribution in [0.1, 0.15) is 43.0 Å².